The lowest BCUT2D eigenvalue weighted by atomic mass is 10.3. The van der Waals surface area contributed by atoms with Crippen LogP contribution in [0.3, 0.4) is 0 Å². The molecular weight excluding hydrogens is 274 g/mol. The Bertz CT molecular complexity index is 376. The van der Waals surface area contributed by atoms with E-state index in [1.54, 1.807) is 0 Å². The number of aryl methyl sites for hydroxylation is 2. The van der Waals surface area contributed by atoms with E-state index in [1.165, 1.54) is 7.11 Å². The number of hydrogen-bond donors (Lipinski definition) is 1. The Labute approximate surface area is 103 Å². The summed E-state index contributed by atoms with van der Waals surface area (Å²) in [5.41, 5.74) is 2.04. The van der Waals surface area contributed by atoms with Gasteiger partial charge in [0.1, 0.15) is 0 Å². The molecule has 90 valence electrons. The Morgan fingerprint density at radius 2 is 2.31 bits per heavy atom. The second kappa shape index (κ2) is 6.00. The summed E-state index contributed by atoms with van der Waals surface area (Å²) in [5, 5.41) is 7.45. The van der Waals surface area contributed by atoms with E-state index in [0.717, 1.165) is 15.9 Å². The molecule has 0 atom stereocenters. The second-order valence-electron chi connectivity index (χ2n) is 3.47. The lowest BCUT2D eigenvalue weighted by Crippen LogP contribution is -2.20. The monoisotopic (exact) mass is 289 g/mol. The zero-order chi connectivity index (χ0) is 12.1. The molecule has 0 unspecified atom stereocenters. The third kappa shape index (κ3) is 3.31. The minimum absolute atomic E-state index is 0.201. The molecule has 0 saturated heterocycles. The first-order chi connectivity index (χ1) is 7.56. The summed E-state index contributed by atoms with van der Waals surface area (Å²) in [6, 6.07) is 0. The second-order valence-corrected chi connectivity index (χ2v) is 4.27. The number of halogens is 1. The van der Waals surface area contributed by atoms with Gasteiger partial charge in [-0.2, -0.15) is 5.10 Å². The molecule has 0 spiro atoms. The van der Waals surface area contributed by atoms with E-state index in [-0.39, 0.29) is 5.97 Å². The first kappa shape index (κ1) is 13.2. The van der Waals surface area contributed by atoms with Gasteiger partial charge in [0.25, 0.3) is 0 Å². The zero-order valence-electron chi connectivity index (χ0n) is 9.71. The third-order valence-electron chi connectivity index (χ3n) is 2.29. The molecule has 1 N–H and O–H groups in total. The number of hydrogen-bond acceptors (Lipinski definition) is 4. The van der Waals surface area contributed by atoms with E-state index < -0.39 is 0 Å². The average molecular weight is 290 g/mol. The van der Waals surface area contributed by atoms with Crippen LogP contribution in [0.2, 0.25) is 0 Å². The van der Waals surface area contributed by atoms with Crippen LogP contribution in [0.5, 0.6) is 0 Å². The predicted molar refractivity (Wildman–Crippen MR) is 64.0 cm³/mol. The summed E-state index contributed by atoms with van der Waals surface area (Å²) in [7, 11) is 3.29. The van der Waals surface area contributed by atoms with Gasteiger partial charge < -0.3 is 10.1 Å². The van der Waals surface area contributed by atoms with Crippen molar-refractivity contribution in [3.63, 3.8) is 0 Å². The van der Waals surface area contributed by atoms with Gasteiger partial charge in [0, 0.05) is 20.1 Å². The molecule has 0 bridgehead atoms. The van der Waals surface area contributed by atoms with Crippen LogP contribution in [0.25, 0.3) is 0 Å². The highest BCUT2D eigenvalue weighted by molar-refractivity contribution is 9.10. The maximum absolute atomic E-state index is 10.9. The molecule has 1 aromatic rings. The summed E-state index contributed by atoms with van der Waals surface area (Å²) in [6.07, 6.45) is 0.380. The van der Waals surface area contributed by atoms with E-state index in [0.29, 0.717) is 19.5 Å². The van der Waals surface area contributed by atoms with Crippen molar-refractivity contribution in [2.45, 2.75) is 19.9 Å². The largest absolute Gasteiger partial charge is 0.469 e. The van der Waals surface area contributed by atoms with Crippen molar-refractivity contribution in [3.8, 4) is 0 Å². The molecule has 1 heterocycles. The Balaban J connectivity index is 2.40. The van der Waals surface area contributed by atoms with E-state index in [1.807, 2.05) is 18.7 Å². The lowest BCUT2D eigenvalue weighted by molar-refractivity contribution is -0.140. The number of carbonyl (C=O) groups excluding carboxylic acids is 1. The van der Waals surface area contributed by atoms with Gasteiger partial charge in [-0.3, -0.25) is 9.48 Å². The van der Waals surface area contributed by atoms with Gasteiger partial charge in [-0.1, -0.05) is 0 Å². The highest BCUT2D eigenvalue weighted by atomic mass is 79.9. The highest BCUT2D eigenvalue weighted by Gasteiger charge is 2.09. The van der Waals surface area contributed by atoms with Gasteiger partial charge >= 0.3 is 5.97 Å². The Hall–Kier alpha value is -0.880. The van der Waals surface area contributed by atoms with Gasteiger partial charge in [-0.05, 0) is 22.9 Å². The number of esters is 1. The van der Waals surface area contributed by atoms with Crippen LogP contribution >= 0.6 is 15.9 Å². The molecule has 16 heavy (non-hydrogen) atoms. The standard InChI is InChI=1S/C10H16BrN3O2/c1-7-10(11)8(14(2)13-7)6-12-5-4-9(15)16-3/h12H,4-6H2,1-3H3. The van der Waals surface area contributed by atoms with E-state index in [9.17, 15) is 4.79 Å². The van der Waals surface area contributed by atoms with Crippen molar-refractivity contribution in [1.82, 2.24) is 15.1 Å². The summed E-state index contributed by atoms with van der Waals surface area (Å²) >= 11 is 3.48. The van der Waals surface area contributed by atoms with Crippen LogP contribution < -0.4 is 5.32 Å². The molecule has 0 aliphatic carbocycles. The van der Waals surface area contributed by atoms with Gasteiger partial charge in [0.2, 0.25) is 0 Å². The molecule has 0 aliphatic heterocycles. The normalized spacial score (nSPS) is 10.5. The molecule has 1 rings (SSSR count). The van der Waals surface area contributed by atoms with Crippen LogP contribution in [-0.2, 0) is 23.1 Å². The van der Waals surface area contributed by atoms with Crippen LogP contribution in [0.1, 0.15) is 17.8 Å². The Kier molecular flexibility index (Phi) is 4.95. The zero-order valence-corrected chi connectivity index (χ0v) is 11.3. The minimum Gasteiger partial charge on any atom is -0.469 e. The average Bonchev–Trinajstić information content (AvgIpc) is 2.49. The summed E-state index contributed by atoms with van der Waals surface area (Å²) in [5.74, 6) is -0.201. The Morgan fingerprint density at radius 1 is 1.62 bits per heavy atom. The number of ether oxygens (including phenoxy) is 1. The number of nitrogens with zero attached hydrogens (tertiary/aromatic N) is 2. The molecule has 6 heteroatoms. The molecule has 0 fully saturated rings. The minimum atomic E-state index is -0.201. The summed E-state index contributed by atoms with van der Waals surface area (Å²) in [4.78, 5) is 10.9. The fourth-order valence-electron chi connectivity index (χ4n) is 1.37. The van der Waals surface area contributed by atoms with E-state index in [4.69, 9.17) is 0 Å². The third-order valence-corrected chi connectivity index (χ3v) is 3.32. The predicted octanol–water partition coefficient (Wildman–Crippen LogP) is 1.14. The fourth-order valence-corrected chi connectivity index (χ4v) is 1.85. The van der Waals surface area contributed by atoms with Crippen LogP contribution in [0, 0.1) is 6.92 Å². The smallest absolute Gasteiger partial charge is 0.306 e. The lowest BCUT2D eigenvalue weighted by Gasteiger charge is -2.05. The molecular formula is C10H16BrN3O2. The van der Waals surface area contributed by atoms with Crippen molar-refractivity contribution in [1.29, 1.82) is 0 Å². The maximum Gasteiger partial charge on any atom is 0.306 e. The van der Waals surface area contributed by atoms with Crippen molar-refractivity contribution in [2.75, 3.05) is 13.7 Å². The fraction of sp³-hybridized carbons (Fsp3) is 0.600. The SMILES string of the molecule is COC(=O)CCNCc1c(Br)c(C)nn1C. The van der Waals surface area contributed by atoms with Crippen molar-refractivity contribution in [2.24, 2.45) is 7.05 Å². The van der Waals surface area contributed by atoms with Gasteiger partial charge in [0.15, 0.2) is 0 Å². The van der Waals surface area contributed by atoms with Crippen LogP contribution in [0.4, 0.5) is 0 Å². The maximum atomic E-state index is 10.9. The summed E-state index contributed by atoms with van der Waals surface area (Å²) in [6.45, 7) is 3.22. The van der Waals surface area contributed by atoms with Crippen molar-refractivity contribution >= 4 is 21.9 Å². The van der Waals surface area contributed by atoms with E-state index >= 15 is 0 Å². The molecule has 0 radical (unpaired) electrons. The summed E-state index contributed by atoms with van der Waals surface area (Å²) < 4.78 is 7.39. The Morgan fingerprint density at radius 3 is 2.81 bits per heavy atom. The highest BCUT2D eigenvalue weighted by Crippen LogP contribution is 2.19. The molecule has 0 amide bonds. The molecule has 0 aliphatic rings. The number of nitrogens with one attached hydrogen (secondary N) is 1. The van der Waals surface area contributed by atoms with Gasteiger partial charge in [-0.15, -0.1) is 0 Å². The van der Waals surface area contributed by atoms with Gasteiger partial charge in [0.05, 0.1) is 29.4 Å². The number of aromatic nitrogens is 2. The molecule has 0 aromatic carbocycles. The van der Waals surface area contributed by atoms with Crippen molar-refractivity contribution < 1.29 is 9.53 Å². The van der Waals surface area contributed by atoms with E-state index in [2.05, 4.69) is 31.1 Å². The molecule has 0 saturated carbocycles. The first-order valence-electron chi connectivity index (χ1n) is 5.01. The van der Waals surface area contributed by atoms with Crippen LogP contribution in [0.15, 0.2) is 4.47 Å². The number of carbonyl (C=O) groups is 1. The number of methoxy groups -OCH3 is 1. The molecule has 1 aromatic heterocycles. The molecule has 5 nitrogen and oxygen atoms in total. The van der Waals surface area contributed by atoms with Crippen molar-refractivity contribution in [3.05, 3.63) is 15.9 Å². The van der Waals surface area contributed by atoms with Gasteiger partial charge in [-0.25, -0.2) is 0 Å². The number of rotatable bonds is 5. The topological polar surface area (TPSA) is 56.1 Å². The quantitative estimate of drug-likeness (QED) is 0.653. The first-order valence-corrected chi connectivity index (χ1v) is 5.81. The van der Waals surface area contributed by atoms with Crippen LogP contribution in [-0.4, -0.2) is 29.4 Å².